The summed E-state index contributed by atoms with van der Waals surface area (Å²) >= 11 is 1.95. The zero-order valence-electron chi connectivity index (χ0n) is 15.8. The van der Waals surface area contributed by atoms with E-state index in [1.54, 1.807) is 11.6 Å². The van der Waals surface area contributed by atoms with Crippen LogP contribution in [0.4, 0.5) is 0 Å². The van der Waals surface area contributed by atoms with E-state index in [9.17, 15) is 14.1 Å². The Hall–Kier alpha value is -1.88. The van der Waals surface area contributed by atoms with Gasteiger partial charge in [-0.15, -0.1) is 0 Å². The lowest BCUT2D eigenvalue weighted by Crippen LogP contribution is -2.37. The summed E-state index contributed by atoms with van der Waals surface area (Å²) in [7, 11) is 2.97. The molecular formula is C18H21BrN4O4S. The first-order valence-electron chi connectivity index (χ1n) is 8.72. The number of halogens is 1. The number of hydrogen-bond acceptors (Lipinski definition) is 5. The van der Waals surface area contributed by atoms with Gasteiger partial charge in [0.25, 0.3) is 5.56 Å². The van der Waals surface area contributed by atoms with Crippen LogP contribution in [0.15, 0.2) is 43.5 Å². The van der Waals surface area contributed by atoms with Crippen molar-refractivity contribution in [1.29, 1.82) is 0 Å². The summed E-state index contributed by atoms with van der Waals surface area (Å²) in [6.45, 7) is 3.02. The van der Waals surface area contributed by atoms with Gasteiger partial charge in [0.15, 0.2) is 11.2 Å². The van der Waals surface area contributed by atoms with Crippen molar-refractivity contribution in [3.8, 4) is 0 Å². The lowest BCUT2D eigenvalue weighted by Gasteiger charge is -2.12. The number of fused-ring (bicyclic) bond motifs is 1. The van der Waals surface area contributed by atoms with Crippen molar-refractivity contribution in [1.82, 2.24) is 18.7 Å². The van der Waals surface area contributed by atoms with Crippen LogP contribution in [0, 0.1) is 0 Å². The fourth-order valence-electron chi connectivity index (χ4n) is 2.94. The van der Waals surface area contributed by atoms with Crippen LogP contribution in [0.2, 0.25) is 0 Å². The second-order valence-corrected chi connectivity index (χ2v) is 8.62. The molecule has 0 aliphatic heterocycles. The van der Waals surface area contributed by atoms with E-state index in [1.807, 2.05) is 31.2 Å². The van der Waals surface area contributed by atoms with Gasteiger partial charge in [-0.2, -0.15) is 4.98 Å². The third-order valence-electron chi connectivity index (χ3n) is 4.36. The van der Waals surface area contributed by atoms with E-state index in [2.05, 4.69) is 20.9 Å². The third-order valence-corrected chi connectivity index (χ3v) is 6.11. The Morgan fingerprint density at radius 2 is 2.00 bits per heavy atom. The number of aryl methyl sites for hydroxylation is 1. The first-order valence-corrected chi connectivity index (χ1v) is 10.8. The van der Waals surface area contributed by atoms with E-state index < -0.39 is 22.4 Å². The maximum Gasteiger partial charge on any atom is 0.332 e. The van der Waals surface area contributed by atoms with Crippen molar-refractivity contribution >= 4 is 38.3 Å². The number of aromatic nitrogens is 4. The number of benzene rings is 1. The van der Waals surface area contributed by atoms with Crippen LogP contribution in [-0.4, -0.2) is 42.2 Å². The highest BCUT2D eigenvalue weighted by Gasteiger charge is 2.26. The minimum Gasteiger partial charge on any atom is -0.609 e. The van der Waals surface area contributed by atoms with E-state index in [-0.39, 0.29) is 22.1 Å². The molecule has 10 heteroatoms. The zero-order chi connectivity index (χ0) is 20.4. The second-order valence-electron chi connectivity index (χ2n) is 6.23. The molecule has 1 aromatic carbocycles. The molecule has 2 heterocycles. The Morgan fingerprint density at radius 1 is 1.25 bits per heavy atom. The van der Waals surface area contributed by atoms with Crippen LogP contribution < -0.4 is 11.2 Å². The average molecular weight is 469 g/mol. The zero-order valence-corrected chi connectivity index (χ0v) is 18.2. The van der Waals surface area contributed by atoms with Crippen molar-refractivity contribution in [3.63, 3.8) is 0 Å². The van der Waals surface area contributed by atoms with Gasteiger partial charge in [-0.05, 0) is 24.6 Å². The van der Waals surface area contributed by atoms with Crippen LogP contribution in [0.25, 0.3) is 11.2 Å². The predicted molar refractivity (Wildman–Crippen MR) is 111 cm³/mol. The molecule has 0 saturated heterocycles. The van der Waals surface area contributed by atoms with Crippen LogP contribution in [0.3, 0.4) is 0 Å². The molecule has 1 unspecified atom stereocenters. The minimum absolute atomic E-state index is 0.225. The first kappa shape index (κ1) is 20.8. The van der Waals surface area contributed by atoms with E-state index in [0.717, 1.165) is 14.6 Å². The van der Waals surface area contributed by atoms with E-state index in [0.29, 0.717) is 19.8 Å². The predicted octanol–water partition coefficient (Wildman–Crippen LogP) is 1.39. The summed E-state index contributed by atoms with van der Waals surface area (Å²) in [4.78, 5) is 29.5. The van der Waals surface area contributed by atoms with Crippen molar-refractivity contribution in [2.24, 2.45) is 14.1 Å². The van der Waals surface area contributed by atoms with Gasteiger partial charge in [-0.1, -0.05) is 28.1 Å². The standard InChI is InChI=1S/C18H21BrN4O4S/c1-4-27-8-9-28(26)17-20-15-14(16(24)22(3)18(25)21(15)2)23(17)11-12-6-5-7-13(19)10-12/h5-7,10H,4,8-9,11H2,1-3H3. The Labute approximate surface area is 173 Å². The molecule has 0 fully saturated rings. The number of imidazole rings is 1. The molecule has 0 N–H and O–H groups in total. The number of hydrogen-bond donors (Lipinski definition) is 0. The summed E-state index contributed by atoms with van der Waals surface area (Å²) in [5, 5.41) is 0.257. The summed E-state index contributed by atoms with van der Waals surface area (Å²) in [6.07, 6.45) is 0. The lowest BCUT2D eigenvalue weighted by atomic mass is 10.2. The summed E-state index contributed by atoms with van der Waals surface area (Å²) in [6, 6.07) is 7.62. The Bertz CT molecular complexity index is 1120. The molecule has 0 spiro atoms. The van der Waals surface area contributed by atoms with Gasteiger partial charge in [-0.25, -0.2) is 4.79 Å². The molecule has 0 bridgehead atoms. The summed E-state index contributed by atoms with van der Waals surface area (Å²) < 4.78 is 23.1. The highest BCUT2D eigenvalue weighted by atomic mass is 79.9. The van der Waals surface area contributed by atoms with Crippen molar-refractivity contribution < 1.29 is 9.29 Å². The first-order chi connectivity index (χ1) is 13.3. The van der Waals surface area contributed by atoms with Crippen molar-refractivity contribution in [3.05, 3.63) is 55.1 Å². The van der Waals surface area contributed by atoms with Gasteiger partial charge in [0.2, 0.25) is 0 Å². The monoisotopic (exact) mass is 468 g/mol. The molecule has 3 aromatic rings. The molecule has 0 aliphatic carbocycles. The molecular weight excluding hydrogens is 448 g/mol. The molecule has 0 amide bonds. The maximum atomic E-state index is 12.9. The van der Waals surface area contributed by atoms with Crippen LogP contribution in [-0.2, 0) is 36.6 Å². The molecule has 2 aromatic heterocycles. The fraction of sp³-hybridized carbons (Fsp3) is 0.389. The fourth-order valence-corrected chi connectivity index (χ4v) is 4.42. The SMILES string of the molecule is CCOCC[S+]([O-])c1nc2c(c(=O)n(C)c(=O)n2C)n1Cc1cccc(Br)c1. The summed E-state index contributed by atoms with van der Waals surface area (Å²) in [5.74, 6) is 0.254. The number of rotatable bonds is 7. The van der Waals surface area contributed by atoms with Crippen LogP contribution >= 0.6 is 15.9 Å². The van der Waals surface area contributed by atoms with Gasteiger partial charge in [-0.3, -0.25) is 18.5 Å². The average Bonchev–Trinajstić information content (AvgIpc) is 3.04. The van der Waals surface area contributed by atoms with E-state index >= 15 is 0 Å². The summed E-state index contributed by atoms with van der Waals surface area (Å²) in [5.41, 5.74) is 0.449. The lowest BCUT2D eigenvalue weighted by molar-refractivity contribution is 0.163. The molecule has 1 atom stereocenters. The van der Waals surface area contributed by atoms with E-state index in [1.165, 1.54) is 11.6 Å². The molecule has 8 nitrogen and oxygen atoms in total. The van der Waals surface area contributed by atoms with Crippen molar-refractivity contribution in [2.45, 2.75) is 18.6 Å². The topological polar surface area (TPSA) is 94.1 Å². The second kappa shape index (κ2) is 8.64. The third kappa shape index (κ3) is 3.95. The van der Waals surface area contributed by atoms with Crippen molar-refractivity contribution in [2.75, 3.05) is 19.0 Å². The largest absolute Gasteiger partial charge is 0.609 e. The Balaban J connectivity index is 2.20. The van der Waals surface area contributed by atoms with Gasteiger partial charge in [0.1, 0.15) is 5.75 Å². The quantitative estimate of drug-likeness (QED) is 0.385. The van der Waals surface area contributed by atoms with Gasteiger partial charge >= 0.3 is 10.8 Å². The minimum atomic E-state index is -1.49. The maximum absolute atomic E-state index is 12.9. The normalized spacial score (nSPS) is 12.6. The number of ether oxygens (including phenoxy) is 1. The highest BCUT2D eigenvalue weighted by Crippen LogP contribution is 2.20. The molecule has 28 heavy (non-hydrogen) atoms. The van der Waals surface area contributed by atoms with E-state index in [4.69, 9.17) is 4.74 Å². The molecule has 0 aliphatic rings. The molecule has 3 rings (SSSR count). The molecule has 150 valence electrons. The van der Waals surface area contributed by atoms with Gasteiger partial charge in [0.05, 0.1) is 13.2 Å². The van der Waals surface area contributed by atoms with Gasteiger partial charge < -0.3 is 9.29 Å². The highest BCUT2D eigenvalue weighted by molar-refractivity contribution is 9.10. The smallest absolute Gasteiger partial charge is 0.332 e. The van der Waals surface area contributed by atoms with Crippen LogP contribution in [0.5, 0.6) is 0 Å². The number of nitrogens with zero attached hydrogens (tertiary/aromatic N) is 4. The Kier molecular flexibility index (Phi) is 6.43. The molecule has 0 radical (unpaired) electrons. The molecule has 0 saturated carbocycles. The Morgan fingerprint density at radius 3 is 2.68 bits per heavy atom. The van der Waals surface area contributed by atoms with Gasteiger partial charge in [0, 0.05) is 36.4 Å². The van der Waals surface area contributed by atoms with Crippen LogP contribution in [0.1, 0.15) is 12.5 Å².